The quantitative estimate of drug-likeness (QED) is 0.878. The fourth-order valence-electron chi connectivity index (χ4n) is 2.27. The molecule has 0 aliphatic heterocycles. The first-order chi connectivity index (χ1) is 10.6. The van der Waals surface area contributed by atoms with Gasteiger partial charge in [-0.15, -0.1) is 0 Å². The number of hydrogen-bond donors (Lipinski definition) is 1. The molecular formula is C17H21N2O2P. The van der Waals surface area contributed by atoms with Crippen LogP contribution in [0.5, 0.6) is 0 Å². The van der Waals surface area contributed by atoms with Crippen molar-refractivity contribution in [1.82, 2.24) is 5.09 Å². The molecule has 0 aromatic heterocycles. The third kappa shape index (κ3) is 3.65. The summed E-state index contributed by atoms with van der Waals surface area (Å²) in [7, 11) is -1.08. The lowest BCUT2D eigenvalue weighted by Crippen LogP contribution is -2.32. The highest BCUT2D eigenvalue weighted by Gasteiger charge is 2.27. The van der Waals surface area contributed by atoms with E-state index in [1.807, 2.05) is 74.5 Å². The SMILES string of the molecule is COC(=O)N=P(NC(C)C)(c1ccccc1)c1ccccc1. The lowest BCUT2D eigenvalue weighted by atomic mass is 10.4. The Kier molecular flexibility index (Phi) is 5.53. The predicted octanol–water partition coefficient (Wildman–Crippen LogP) is 3.52. The maximum Gasteiger partial charge on any atom is 0.433 e. The molecule has 0 radical (unpaired) electrons. The zero-order valence-corrected chi connectivity index (χ0v) is 14.0. The molecule has 22 heavy (non-hydrogen) atoms. The van der Waals surface area contributed by atoms with Crippen LogP contribution in [-0.4, -0.2) is 19.2 Å². The van der Waals surface area contributed by atoms with E-state index < -0.39 is 13.3 Å². The normalized spacial score (nSPS) is 11.3. The fourth-order valence-corrected chi connectivity index (χ4v) is 5.43. The van der Waals surface area contributed by atoms with Crippen molar-refractivity contribution < 1.29 is 9.53 Å². The lowest BCUT2D eigenvalue weighted by molar-refractivity contribution is 0.183. The molecule has 0 spiro atoms. The number of carbonyl (C=O) groups excluding carboxylic acids is 1. The maximum atomic E-state index is 12.0. The van der Waals surface area contributed by atoms with Crippen molar-refractivity contribution in [2.24, 2.45) is 4.74 Å². The molecular weight excluding hydrogens is 295 g/mol. The van der Waals surface area contributed by atoms with E-state index in [9.17, 15) is 4.79 Å². The van der Waals surface area contributed by atoms with Gasteiger partial charge in [0.25, 0.3) is 0 Å². The molecule has 0 saturated heterocycles. The molecule has 2 aromatic carbocycles. The predicted molar refractivity (Wildman–Crippen MR) is 92.2 cm³/mol. The molecule has 0 unspecified atom stereocenters. The second-order valence-electron chi connectivity index (χ2n) is 5.16. The number of nitrogens with zero attached hydrogens (tertiary/aromatic N) is 1. The molecule has 2 rings (SSSR count). The van der Waals surface area contributed by atoms with Gasteiger partial charge in [0, 0.05) is 16.7 Å². The summed E-state index contributed by atoms with van der Waals surface area (Å²) in [5, 5.41) is 5.54. The van der Waals surface area contributed by atoms with Crippen LogP contribution in [0.3, 0.4) is 0 Å². The summed E-state index contributed by atoms with van der Waals surface area (Å²) in [4.78, 5) is 12.0. The number of rotatable bonds is 4. The van der Waals surface area contributed by atoms with Gasteiger partial charge >= 0.3 is 6.09 Å². The van der Waals surface area contributed by atoms with E-state index in [4.69, 9.17) is 4.74 Å². The zero-order chi connectivity index (χ0) is 16.0. The van der Waals surface area contributed by atoms with Crippen molar-refractivity contribution in [1.29, 1.82) is 0 Å². The van der Waals surface area contributed by atoms with Crippen molar-refractivity contribution >= 4 is 23.9 Å². The van der Waals surface area contributed by atoms with Crippen LogP contribution in [0.4, 0.5) is 4.79 Å². The second-order valence-corrected chi connectivity index (χ2v) is 7.92. The van der Waals surface area contributed by atoms with Gasteiger partial charge in [-0.1, -0.05) is 60.7 Å². The van der Waals surface area contributed by atoms with Gasteiger partial charge in [-0.05, 0) is 13.8 Å². The smallest absolute Gasteiger partial charge is 0.433 e. The first kappa shape index (κ1) is 16.5. The molecule has 5 heteroatoms. The second kappa shape index (κ2) is 7.39. The molecule has 116 valence electrons. The van der Waals surface area contributed by atoms with Crippen molar-refractivity contribution in [3.05, 3.63) is 60.7 Å². The molecule has 1 N–H and O–H groups in total. The van der Waals surface area contributed by atoms with Crippen LogP contribution in [0.2, 0.25) is 0 Å². The lowest BCUT2D eigenvalue weighted by Gasteiger charge is -2.28. The van der Waals surface area contributed by atoms with Crippen molar-refractivity contribution in [2.45, 2.75) is 19.9 Å². The molecule has 0 heterocycles. The highest BCUT2D eigenvalue weighted by atomic mass is 31.2. The molecule has 0 atom stereocenters. The van der Waals surface area contributed by atoms with Crippen LogP contribution in [0.1, 0.15) is 13.8 Å². The monoisotopic (exact) mass is 316 g/mol. The van der Waals surface area contributed by atoms with Crippen molar-refractivity contribution in [2.75, 3.05) is 7.11 Å². The Balaban J connectivity index is 2.75. The van der Waals surface area contributed by atoms with Crippen molar-refractivity contribution in [3.8, 4) is 0 Å². The van der Waals surface area contributed by atoms with E-state index in [-0.39, 0.29) is 6.04 Å². The molecule has 1 amide bonds. The molecule has 0 aliphatic carbocycles. The van der Waals surface area contributed by atoms with E-state index in [0.717, 1.165) is 10.6 Å². The van der Waals surface area contributed by atoms with E-state index in [1.165, 1.54) is 7.11 Å². The summed E-state index contributed by atoms with van der Waals surface area (Å²) in [6, 6.07) is 19.9. The Labute approximate surface area is 131 Å². The number of methoxy groups -OCH3 is 1. The zero-order valence-electron chi connectivity index (χ0n) is 13.1. The molecule has 4 nitrogen and oxygen atoms in total. The van der Waals surface area contributed by atoms with E-state index >= 15 is 0 Å². The maximum absolute atomic E-state index is 12.0. The van der Waals surface area contributed by atoms with Gasteiger partial charge in [-0.3, -0.25) is 5.09 Å². The number of amides is 1. The fraction of sp³-hybridized carbons (Fsp3) is 0.235. The first-order valence-electron chi connectivity index (χ1n) is 7.18. The van der Waals surface area contributed by atoms with Crippen LogP contribution in [0.15, 0.2) is 65.4 Å². The van der Waals surface area contributed by atoms with Gasteiger partial charge < -0.3 is 4.74 Å². The van der Waals surface area contributed by atoms with Crippen molar-refractivity contribution in [3.63, 3.8) is 0 Å². The summed E-state index contributed by atoms with van der Waals surface area (Å²) < 4.78 is 9.26. The van der Waals surface area contributed by atoms with E-state index in [2.05, 4.69) is 9.83 Å². The first-order valence-corrected chi connectivity index (χ1v) is 8.92. The third-order valence-corrected chi connectivity index (χ3v) is 6.56. The minimum atomic E-state index is -2.43. The average Bonchev–Trinajstić information content (AvgIpc) is 2.55. The minimum absolute atomic E-state index is 0.169. The highest BCUT2D eigenvalue weighted by molar-refractivity contribution is 7.79. The molecule has 0 bridgehead atoms. The van der Waals surface area contributed by atoms with Gasteiger partial charge in [0.15, 0.2) is 0 Å². The number of nitrogens with one attached hydrogen (secondary N) is 1. The summed E-state index contributed by atoms with van der Waals surface area (Å²) in [5.74, 6) is 0. The Hall–Kier alpha value is -1.90. The Morgan fingerprint density at radius 3 is 1.82 bits per heavy atom. The van der Waals surface area contributed by atoms with Crippen LogP contribution in [-0.2, 0) is 4.74 Å². The van der Waals surface area contributed by atoms with Gasteiger partial charge in [-0.25, -0.2) is 4.79 Å². The van der Waals surface area contributed by atoms with Gasteiger partial charge in [0.2, 0.25) is 0 Å². The number of hydrogen-bond acceptors (Lipinski definition) is 2. The largest absolute Gasteiger partial charge is 0.451 e. The Morgan fingerprint density at radius 1 is 1.00 bits per heavy atom. The van der Waals surface area contributed by atoms with E-state index in [1.54, 1.807) is 0 Å². The topological polar surface area (TPSA) is 50.7 Å². The Morgan fingerprint density at radius 2 is 1.45 bits per heavy atom. The van der Waals surface area contributed by atoms with Crippen LogP contribution < -0.4 is 15.7 Å². The van der Waals surface area contributed by atoms with Gasteiger partial charge in [0.05, 0.1) is 14.3 Å². The molecule has 0 saturated carbocycles. The summed E-state index contributed by atoms with van der Waals surface area (Å²) in [6.07, 6.45) is -0.561. The van der Waals surface area contributed by atoms with E-state index in [0.29, 0.717) is 0 Å². The average molecular weight is 316 g/mol. The number of ether oxygens (including phenoxy) is 1. The summed E-state index contributed by atoms with van der Waals surface area (Å²) in [5.41, 5.74) is 0. The standard InChI is InChI=1S/C17H21N2O2P/c1-14(2)18-22(19-17(20)21-3,15-10-6-4-7-11-15)16-12-8-5-9-13-16/h4-14,18H,1-3H3. The van der Waals surface area contributed by atoms with Crippen LogP contribution >= 0.6 is 7.21 Å². The molecule has 0 aliphatic rings. The number of benzene rings is 2. The van der Waals surface area contributed by atoms with Gasteiger partial charge in [-0.2, -0.15) is 4.74 Å². The molecule has 2 aromatic rings. The summed E-state index contributed by atoms with van der Waals surface area (Å²) >= 11 is 0. The third-order valence-electron chi connectivity index (χ3n) is 3.11. The molecule has 0 fully saturated rings. The van der Waals surface area contributed by atoms with Crippen LogP contribution in [0, 0.1) is 0 Å². The highest BCUT2D eigenvalue weighted by Crippen LogP contribution is 2.43. The summed E-state index contributed by atoms with van der Waals surface area (Å²) in [6.45, 7) is 4.10. The van der Waals surface area contributed by atoms with Gasteiger partial charge in [0.1, 0.15) is 0 Å². The Bertz CT molecular complexity index is 626. The number of carbonyl (C=O) groups is 1. The van der Waals surface area contributed by atoms with Crippen LogP contribution in [0.25, 0.3) is 0 Å². The minimum Gasteiger partial charge on any atom is -0.451 e.